The van der Waals surface area contributed by atoms with Gasteiger partial charge in [0.05, 0.1) is 6.54 Å². The van der Waals surface area contributed by atoms with Crippen molar-refractivity contribution in [2.75, 3.05) is 30.9 Å². The molecule has 0 spiro atoms. The van der Waals surface area contributed by atoms with Crippen LogP contribution < -0.4 is 15.8 Å². The number of rotatable bonds is 6. The minimum atomic E-state index is -0.163. The average Bonchev–Trinajstić information content (AvgIpc) is 3.11. The second kappa shape index (κ2) is 6.90. The largest absolute Gasteiger partial charge is 0.368 e. The Labute approximate surface area is 138 Å². The van der Waals surface area contributed by atoms with Crippen LogP contribution in [-0.2, 0) is 6.54 Å². The fourth-order valence-electron chi connectivity index (χ4n) is 2.10. The quantitative estimate of drug-likeness (QED) is 0.700. The Morgan fingerprint density at radius 1 is 1.25 bits per heavy atom. The van der Waals surface area contributed by atoms with Crippen molar-refractivity contribution in [1.82, 2.24) is 29.5 Å². The van der Waals surface area contributed by atoms with Crippen LogP contribution in [0, 0.1) is 0 Å². The molecule has 0 atom stereocenters. The van der Waals surface area contributed by atoms with E-state index in [1.165, 1.54) is 17.1 Å². The Bertz CT molecular complexity index is 856. The van der Waals surface area contributed by atoms with E-state index >= 15 is 0 Å². The lowest BCUT2D eigenvalue weighted by atomic mass is 10.4. The molecule has 3 aromatic heterocycles. The van der Waals surface area contributed by atoms with Gasteiger partial charge >= 0.3 is 0 Å². The first-order valence-corrected chi connectivity index (χ1v) is 7.45. The van der Waals surface area contributed by atoms with Crippen molar-refractivity contribution in [3.8, 4) is 5.82 Å². The molecule has 0 aliphatic rings. The van der Waals surface area contributed by atoms with E-state index < -0.39 is 0 Å². The molecule has 24 heavy (non-hydrogen) atoms. The van der Waals surface area contributed by atoms with Crippen molar-refractivity contribution in [2.45, 2.75) is 6.54 Å². The van der Waals surface area contributed by atoms with Crippen molar-refractivity contribution in [1.29, 1.82) is 0 Å². The number of hydrogen-bond donors (Lipinski definition) is 1. The van der Waals surface area contributed by atoms with Gasteiger partial charge in [0.25, 0.3) is 5.56 Å². The highest BCUT2D eigenvalue weighted by molar-refractivity contribution is 5.47. The molecule has 1 N–H and O–H groups in total. The summed E-state index contributed by atoms with van der Waals surface area (Å²) < 4.78 is 3.01. The van der Waals surface area contributed by atoms with Crippen LogP contribution in [0.5, 0.6) is 0 Å². The van der Waals surface area contributed by atoms with Gasteiger partial charge in [-0.05, 0) is 12.1 Å². The minimum absolute atomic E-state index is 0.163. The van der Waals surface area contributed by atoms with Crippen LogP contribution in [0.2, 0.25) is 0 Å². The zero-order valence-electron chi connectivity index (χ0n) is 13.5. The molecule has 0 amide bonds. The SMILES string of the molecule is CN(C)c1cc(NCCn2nc(-n3cccn3)ccc2=O)ncn1. The number of aromatic nitrogens is 6. The Balaban J connectivity index is 1.68. The predicted octanol–water partition coefficient (Wildman–Crippen LogP) is 0.397. The molecule has 3 aromatic rings. The maximum Gasteiger partial charge on any atom is 0.266 e. The van der Waals surface area contributed by atoms with Crippen molar-refractivity contribution in [2.24, 2.45) is 0 Å². The number of anilines is 2. The first-order valence-electron chi connectivity index (χ1n) is 7.45. The van der Waals surface area contributed by atoms with E-state index in [1.807, 2.05) is 25.1 Å². The first kappa shape index (κ1) is 15.7. The number of nitrogens with zero attached hydrogens (tertiary/aromatic N) is 7. The molecule has 0 bridgehead atoms. The molecular formula is C15H18N8O. The normalized spacial score (nSPS) is 10.6. The molecule has 9 heteroatoms. The van der Waals surface area contributed by atoms with E-state index in [0.717, 1.165) is 5.82 Å². The van der Waals surface area contributed by atoms with E-state index in [4.69, 9.17) is 0 Å². The van der Waals surface area contributed by atoms with Gasteiger partial charge in [0.1, 0.15) is 18.0 Å². The summed E-state index contributed by atoms with van der Waals surface area (Å²) in [7, 11) is 3.83. The van der Waals surface area contributed by atoms with Crippen LogP contribution in [0.15, 0.2) is 47.8 Å². The van der Waals surface area contributed by atoms with Gasteiger partial charge in [-0.25, -0.2) is 19.3 Å². The molecule has 9 nitrogen and oxygen atoms in total. The lowest BCUT2D eigenvalue weighted by Gasteiger charge is -2.12. The van der Waals surface area contributed by atoms with Crippen LogP contribution in [0.4, 0.5) is 11.6 Å². The van der Waals surface area contributed by atoms with Gasteiger partial charge in [-0.15, -0.1) is 5.10 Å². The molecule has 0 saturated heterocycles. The standard InChI is InChI=1S/C15H18N8O/c1-21(2)14-10-12(17-11-18-14)16-7-9-23-15(24)5-4-13(20-23)22-8-3-6-19-22/h3-6,8,10-11H,7,9H2,1-2H3,(H,16,17,18). The predicted molar refractivity (Wildman–Crippen MR) is 90.5 cm³/mol. The summed E-state index contributed by atoms with van der Waals surface area (Å²) in [6, 6.07) is 6.78. The van der Waals surface area contributed by atoms with Gasteiger partial charge in [0.15, 0.2) is 5.82 Å². The average molecular weight is 326 g/mol. The number of hydrogen-bond acceptors (Lipinski definition) is 7. The molecule has 3 rings (SSSR count). The van der Waals surface area contributed by atoms with E-state index in [-0.39, 0.29) is 5.56 Å². The zero-order chi connectivity index (χ0) is 16.9. The Kier molecular flexibility index (Phi) is 4.50. The van der Waals surface area contributed by atoms with Gasteiger partial charge in [-0.2, -0.15) is 5.10 Å². The third kappa shape index (κ3) is 3.57. The van der Waals surface area contributed by atoms with Crippen molar-refractivity contribution < 1.29 is 0 Å². The Morgan fingerprint density at radius 3 is 2.88 bits per heavy atom. The fraction of sp³-hybridized carbons (Fsp3) is 0.267. The molecule has 124 valence electrons. The summed E-state index contributed by atoms with van der Waals surface area (Å²) in [6.45, 7) is 0.925. The molecule has 0 unspecified atom stereocenters. The summed E-state index contributed by atoms with van der Waals surface area (Å²) in [4.78, 5) is 22.2. The Hall–Kier alpha value is -3.23. The van der Waals surface area contributed by atoms with E-state index in [2.05, 4.69) is 25.5 Å². The summed E-state index contributed by atoms with van der Waals surface area (Å²) in [5, 5.41) is 11.6. The van der Waals surface area contributed by atoms with Crippen LogP contribution in [-0.4, -0.2) is 50.2 Å². The van der Waals surface area contributed by atoms with Gasteiger partial charge in [0, 0.05) is 45.2 Å². The van der Waals surface area contributed by atoms with Crippen LogP contribution in [0.25, 0.3) is 5.82 Å². The van der Waals surface area contributed by atoms with Crippen LogP contribution in [0.3, 0.4) is 0 Å². The molecule has 0 fully saturated rings. The van der Waals surface area contributed by atoms with Gasteiger partial charge < -0.3 is 10.2 Å². The molecule has 3 heterocycles. The topological polar surface area (TPSA) is 93.8 Å². The fourth-order valence-corrected chi connectivity index (χ4v) is 2.10. The highest BCUT2D eigenvalue weighted by atomic mass is 16.1. The lowest BCUT2D eigenvalue weighted by molar-refractivity contribution is 0.583. The van der Waals surface area contributed by atoms with Gasteiger partial charge in [-0.1, -0.05) is 0 Å². The summed E-state index contributed by atoms with van der Waals surface area (Å²) in [6.07, 6.45) is 4.94. The first-order chi connectivity index (χ1) is 11.6. The highest BCUT2D eigenvalue weighted by Gasteiger charge is 2.04. The third-order valence-electron chi connectivity index (χ3n) is 3.33. The molecule has 0 radical (unpaired) electrons. The lowest BCUT2D eigenvalue weighted by Crippen LogP contribution is -2.26. The summed E-state index contributed by atoms with van der Waals surface area (Å²) in [5.41, 5.74) is -0.163. The highest BCUT2D eigenvalue weighted by Crippen LogP contribution is 2.10. The van der Waals surface area contributed by atoms with Crippen molar-refractivity contribution in [3.05, 3.63) is 53.3 Å². The zero-order valence-corrected chi connectivity index (χ0v) is 13.5. The maximum atomic E-state index is 11.9. The van der Waals surface area contributed by atoms with Gasteiger partial charge in [-0.3, -0.25) is 4.79 Å². The second-order valence-corrected chi connectivity index (χ2v) is 5.29. The summed E-state index contributed by atoms with van der Waals surface area (Å²) in [5.74, 6) is 2.10. The van der Waals surface area contributed by atoms with E-state index in [0.29, 0.717) is 24.7 Å². The molecule has 0 saturated carbocycles. The molecule has 0 aromatic carbocycles. The van der Waals surface area contributed by atoms with Crippen molar-refractivity contribution in [3.63, 3.8) is 0 Å². The third-order valence-corrected chi connectivity index (χ3v) is 3.33. The second-order valence-electron chi connectivity index (χ2n) is 5.29. The maximum absolute atomic E-state index is 11.9. The minimum Gasteiger partial charge on any atom is -0.368 e. The summed E-state index contributed by atoms with van der Waals surface area (Å²) >= 11 is 0. The van der Waals surface area contributed by atoms with E-state index in [1.54, 1.807) is 29.2 Å². The molecule has 0 aliphatic carbocycles. The molecular weight excluding hydrogens is 308 g/mol. The van der Waals surface area contributed by atoms with Crippen molar-refractivity contribution >= 4 is 11.6 Å². The molecule has 0 aliphatic heterocycles. The smallest absolute Gasteiger partial charge is 0.266 e. The van der Waals surface area contributed by atoms with Crippen LogP contribution in [0.1, 0.15) is 0 Å². The van der Waals surface area contributed by atoms with Crippen LogP contribution >= 0.6 is 0 Å². The Morgan fingerprint density at radius 2 is 2.12 bits per heavy atom. The van der Waals surface area contributed by atoms with Gasteiger partial charge in [0.2, 0.25) is 0 Å². The van der Waals surface area contributed by atoms with E-state index in [9.17, 15) is 4.79 Å². The number of nitrogens with one attached hydrogen (secondary N) is 1. The monoisotopic (exact) mass is 326 g/mol.